The lowest BCUT2D eigenvalue weighted by molar-refractivity contribution is -0.114. The highest BCUT2D eigenvalue weighted by molar-refractivity contribution is 7.16. The molecule has 1 heterocycles. The Labute approximate surface area is 78.2 Å². The van der Waals surface area contributed by atoms with Crippen LogP contribution in [0.5, 0.6) is 0 Å². The molecular formula is C6H7ClN2O2S. The summed E-state index contributed by atoms with van der Waals surface area (Å²) in [4.78, 5) is 14.9. The molecule has 1 amide bonds. The van der Waals surface area contributed by atoms with Gasteiger partial charge in [0.2, 0.25) is 5.91 Å². The predicted molar refractivity (Wildman–Crippen MR) is 47.2 cm³/mol. The van der Waals surface area contributed by atoms with Crippen LogP contribution in [0.15, 0.2) is 6.20 Å². The van der Waals surface area contributed by atoms with Gasteiger partial charge in [0.15, 0.2) is 10.7 Å². The lowest BCUT2D eigenvalue weighted by Crippen LogP contribution is -2.04. The van der Waals surface area contributed by atoms with Crippen LogP contribution in [0, 0.1) is 0 Å². The summed E-state index contributed by atoms with van der Waals surface area (Å²) in [5, 5.41) is 11.8. The van der Waals surface area contributed by atoms with Crippen molar-refractivity contribution < 1.29 is 9.90 Å². The van der Waals surface area contributed by atoms with Crippen LogP contribution in [0.1, 0.15) is 17.4 Å². The molecule has 4 nitrogen and oxygen atoms in total. The molecule has 66 valence electrons. The number of anilines is 1. The molecular weight excluding hydrogens is 200 g/mol. The van der Waals surface area contributed by atoms with E-state index in [1.165, 1.54) is 13.1 Å². The average Bonchev–Trinajstić information content (AvgIpc) is 2.34. The van der Waals surface area contributed by atoms with Crippen LogP contribution < -0.4 is 5.32 Å². The fourth-order valence-electron chi connectivity index (χ4n) is 0.605. The van der Waals surface area contributed by atoms with E-state index in [1.54, 1.807) is 0 Å². The van der Waals surface area contributed by atoms with E-state index in [-0.39, 0.29) is 5.91 Å². The van der Waals surface area contributed by atoms with Crippen LogP contribution >= 0.6 is 22.9 Å². The first-order valence-electron chi connectivity index (χ1n) is 3.15. The zero-order valence-electron chi connectivity index (χ0n) is 6.24. The molecule has 1 rings (SSSR count). The Balaban J connectivity index is 2.70. The number of alkyl halides is 1. The van der Waals surface area contributed by atoms with Crippen molar-refractivity contribution >= 4 is 34.0 Å². The van der Waals surface area contributed by atoms with Gasteiger partial charge in [-0.05, 0) is 0 Å². The van der Waals surface area contributed by atoms with Crippen LogP contribution in [0.25, 0.3) is 0 Å². The minimum Gasteiger partial charge on any atom is -0.373 e. The van der Waals surface area contributed by atoms with Crippen molar-refractivity contribution in [3.05, 3.63) is 11.1 Å². The van der Waals surface area contributed by atoms with E-state index in [9.17, 15) is 4.79 Å². The number of nitrogens with zero attached hydrogens (tertiary/aromatic N) is 1. The number of hydrogen-bond acceptors (Lipinski definition) is 4. The number of amides is 1. The van der Waals surface area contributed by atoms with Crippen LogP contribution in [-0.2, 0) is 4.79 Å². The van der Waals surface area contributed by atoms with E-state index in [0.717, 1.165) is 11.3 Å². The Kier molecular flexibility index (Phi) is 3.02. The monoisotopic (exact) mass is 206 g/mol. The van der Waals surface area contributed by atoms with E-state index in [2.05, 4.69) is 10.3 Å². The number of rotatable bonds is 2. The van der Waals surface area contributed by atoms with Crippen molar-refractivity contribution in [2.24, 2.45) is 0 Å². The molecule has 0 bridgehead atoms. The number of carbonyl (C=O) groups is 1. The molecule has 2 N–H and O–H groups in total. The molecule has 0 saturated heterocycles. The number of aromatic nitrogens is 1. The van der Waals surface area contributed by atoms with Gasteiger partial charge < -0.3 is 10.4 Å². The Morgan fingerprint density at radius 3 is 3.00 bits per heavy atom. The van der Waals surface area contributed by atoms with Crippen LogP contribution in [0.4, 0.5) is 5.13 Å². The topological polar surface area (TPSA) is 62.2 Å². The Morgan fingerprint density at radius 1 is 1.92 bits per heavy atom. The van der Waals surface area contributed by atoms with Crippen molar-refractivity contribution in [3.8, 4) is 0 Å². The van der Waals surface area contributed by atoms with E-state index < -0.39 is 5.56 Å². The first-order valence-corrected chi connectivity index (χ1v) is 4.40. The summed E-state index contributed by atoms with van der Waals surface area (Å²) in [6.07, 6.45) is 1.42. The SMILES string of the molecule is CC(=O)Nc1ncc(C(O)Cl)s1. The molecule has 6 heteroatoms. The third kappa shape index (κ3) is 2.44. The minimum atomic E-state index is -1.05. The summed E-state index contributed by atoms with van der Waals surface area (Å²) in [5.41, 5.74) is -1.05. The number of aliphatic hydroxyl groups is 1. The molecule has 0 spiro atoms. The molecule has 0 radical (unpaired) electrons. The van der Waals surface area contributed by atoms with Gasteiger partial charge in [0.05, 0.1) is 4.88 Å². The van der Waals surface area contributed by atoms with Gasteiger partial charge in [-0.15, -0.1) is 0 Å². The molecule has 1 atom stereocenters. The lowest BCUT2D eigenvalue weighted by Gasteiger charge is -1.94. The van der Waals surface area contributed by atoms with E-state index in [1.807, 2.05) is 0 Å². The quantitative estimate of drug-likeness (QED) is 0.718. The minimum absolute atomic E-state index is 0.194. The van der Waals surface area contributed by atoms with Gasteiger partial charge in [-0.2, -0.15) is 0 Å². The fourth-order valence-corrected chi connectivity index (χ4v) is 1.52. The van der Waals surface area contributed by atoms with Gasteiger partial charge in [-0.1, -0.05) is 22.9 Å². The first kappa shape index (κ1) is 9.44. The summed E-state index contributed by atoms with van der Waals surface area (Å²) in [6, 6.07) is 0. The number of carbonyl (C=O) groups excluding carboxylic acids is 1. The zero-order chi connectivity index (χ0) is 9.14. The second kappa shape index (κ2) is 3.84. The number of nitrogens with one attached hydrogen (secondary N) is 1. The third-order valence-electron chi connectivity index (χ3n) is 1.04. The van der Waals surface area contributed by atoms with Crippen molar-refractivity contribution in [2.45, 2.75) is 12.5 Å². The smallest absolute Gasteiger partial charge is 0.223 e. The summed E-state index contributed by atoms with van der Waals surface area (Å²) >= 11 is 6.51. The van der Waals surface area contributed by atoms with Gasteiger partial charge in [-0.3, -0.25) is 4.79 Å². The van der Waals surface area contributed by atoms with Gasteiger partial charge in [0, 0.05) is 13.1 Å². The maximum absolute atomic E-state index is 10.6. The van der Waals surface area contributed by atoms with Crippen LogP contribution in [0.2, 0.25) is 0 Å². The number of halogens is 1. The number of aliphatic hydroxyl groups excluding tert-OH is 1. The Bertz CT molecular complexity index is 287. The molecule has 0 saturated carbocycles. The van der Waals surface area contributed by atoms with E-state index >= 15 is 0 Å². The zero-order valence-corrected chi connectivity index (χ0v) is 7.82. The molecule has 0 aromatic carbocycles. The normalized spacial score (nSPS) is 12.6. The highest BCUT2D eigenvalue weighted by Crippen LogP contribution is 2.26. The number of thiazole rings is 1. The molecule has 12 heavy (non-hydrogen) atoms. The fraction of sp³-hybridized carbons (Fsp3) is 0.333. The standard InChI is InChI=1S/C6H7ClN2O2S/c1-3(10)9-6-8-2-4(12-6)5(7)11/h2,5,11H,1H3,(H,8,9,10). The summed E-state index contributed by atoms with van der Waals surface area (Å²) in [6.45, 7) is 1.39. The molecule has 0 aliphatic rings. The van der Waals surface area contributed by atoms with Crippen molar-refractivity contribution in [3.63, 3.8) is 0 Å². The van der Waals surface area contributed by atoms with Gasteiger partial charge >= 0.3 is 0 Å². The van der Waals surface area contributed by atoms with Gasteiger partial charge in [-0.25, -0.2) is 4.98 Å². The summed E-state index contributed by atoms with van der Waals surface area (Å²) in [5.74, 6) is -0.194. The Hall–Kier alpha value is -0.650. The van der Waals surface area contributed by atoms with Crippen LogP contribution in [0.3, 0.4) is 0 Å². The Morgan fingerprint density at radius 2 is 2.58 bits per heavy atom. The van der Waals surface area contributed by atoms with Crippen LogP contribution in [-0.4, -0.2) is 16.0 Å². The maximum atomic E-state index is 10.6. The van der Waals surface area contributed by atoms with Crippen molar-refractivity contribution in [1.82, 2.24) is 4.98 Å². The number of hydrogen-bond donors (Lipinski definition) is 2. The highest BCUT2D eigenvalue weighted by atomic mass is 35.5. The van der Waals surface area contributed by atoms with Gasteiger partial charge in [0.1, 0.15) is 0 Å². The van der Waals surface area contributed by atoms with E-state index in [0.29, 0.717) is 10.0 Å². The third-order valence-corrected chi connectivity index (χ3v) is 2.37. The predicted octanol–water partition coefficient (Wildman–Crippen LogP) is 1.33. The van der Waals surface area contributed by atoms with Gasteiger partial charge in [0.25, 0.3) is 0 Å². The molecule has 0 fully saturated rings. The summed E-state index contributed by atoms with van der Waals surface area (Å²) in [7, 11) is 0. The molecule has 0 aliphatic heterocycles. The highest BCUT2D eigenvalue weighted by Gasteiger charge is 2.08. The lowest BCUT2D eigenvalue weighted by atomic mass is 10.6. The van der Waals surface area contributed by atoms with Crippen molar-refractivity contribution in [2.75, 3.05) is 5.32 Å². The summed E-state index contributed by atoms with van der Waals surface area (Å²) < 4.78 is 0. The molecule has 1 unspecified atom stereocenters. The second-order valence-electron chi connectivity index (χ2n) is 2.08. The molecule has 1 aromatic heterocycles. The van der Waals surface area contributed by atoms with Crippen molar-refractivity contribution in [1.29, 1.82) is 0 Å². The molecule has 0 aliphatic carbocycles. The first-order chi connectivity index (χ1) is 5.59. The maximum Gasteiger partial charge on any atom is 0.223 e. The largest absolute Gasteiger partial charge is 0.373 e. The second-order valence-corrected chi connectivity index (χ2v) is 3.56. The molecule has 1 aromatic rings. The van der Waals surface area contributed by atoms with E-state index in [4.69, 9.17) is 16.7 Å². The average molecular weight is 207 g/mol.